The van der Waals surface area contributed by atoms with Crippen molar-refractivity contribution in [2.75, 3.05) is 6.61 Å². The van der Waals surface area contributed by atoms with E-state index >= 15 is 0 Å². The number of rotatable bonds is 5. The summed E-state index contributed by atoms with van der Waals surface area (Å²) in [5.74, 6) is 0.761. The Morgan fingerprint density at radius 1 is 0.917 bits per heavy atom. The van der Waals surface area contributed by atoms with E-state index in [9.17, 15) is 5.11 Å². The van der Waals surface area contributed by atoms with E-state index in [-0.39, 0.29) is 6.61 Å². The number of aromatic nitrogens is 2. The summed E-state index contributed by atoms with van der Waals surface area (Å²) in [6, 6.07) is 21.7. The molecule has 0 aliphatic rings. The van der Waals surface area contributed by atoms with Crippen molar-refractivity contribution in [3.63, 3.8) is 0 Å². The Morgan fingerprint density at radius 3 is 2.54 bits per heavy atom. The highest BCUT2D eigenvalue weighted by Crippen LogP contribution is 2.27. The van der Waals surface area contributed by atoms with Gasteiger partial charge in [-0.3, -0.25) is 0 Å². The predicted molar refractivity (Wildman–Crippen MR) is 95.2 cm³/mol. The molecule has 24 heavy (non-hydrogen) atoms. The van der Waals surface area contributed by atoms with Crippen LogP contribution in [0.15, 0.2) is 72.9 Å². The number of benzene rings is 2. The Bertz CT molecular complexity index is 910. The average Bonchev–Trinajstić information content (AvgIpc) is 2.95. The van der Waals surface area contributed by atoms with Crippen molar-refractivity contribution in [3.05, 3.63) is 72.9 Å². The molecule has 0 fully saturated rings. The van der Waals surface area contributed by atoms with Gasteiger partial charge in [0, 0.05) is 17.0 Å². The maximum absolute atomic E-state index is 10.4. The van der Waals surface area contributed by atoms with Crippen molar-refractivity contribution >= 4 is 21.9 Å². The molecular weight excluding hydrogens is 300 g/mol. The second-order valence-corrected chi connectivity index (χ2v) is 5.78. The summed E-state index contributed by atoms with van der Waals surface area (Å²) >= 11 is 0. The van der Waals surface area contributed by atoms with Crippen LogP contribution in [-0.2, 0) is 6.54 Å². The number of nitrogens with zero attached hydrogens (tertiary/aromatic N) is 2. The van der Waals surface area contributed by atoms with Crippen LogP contribution in [0.5, 0.6) is 5.75 Å². The van der Waals surface area contributed by atoms with Crippen molar-refractivity contribution in [2.45, 2.75) is 12.6 Å². The second kappa shape index (κ2) is 6.34. The monoisotopic (exact) mass is 318 g/mol. The van der Waals surface area contributed by atoms with Crippen LogP contribution in [0.25, 0.3) is 21.9 Å². The number of hydrogen-bond acceptors (Lipinski definition) is 3. The molecule has 2 heterocycles. The van der Waals surface area contributed by atoms with Crippen LogP contribution in [0.1, 0.15) is 0 Å². The van der Waals surface area contributed by atoms with Crippen LogP contribution in [0, 0.1) is 0 Å². The van der Waals surface area contributed by atoms with E-state index in [1.807, 2.05) is 48.5 Å². The molecule has 4 nitrogen and oxygen atoms in total. The lowest BCUT2D eigenvalue weighted by atomic mass is 10.2. The van der Waals surface area contributed by atoms with Gasteiger partial charge in [-0.05, 0) is 30.3 Å². The van der Waals surface area contributed by atoms with Crippen molar-refractivity contribution in [3.8, 4) is 5.75 Å². The molecule has 4 rings (SSSR count). The van der Waals surface area contributed by atoms with Gasteiger partial charge in [0.1, 0.15) is 24.1 Å². The standard InChI is InChI=1S/C20H18N2O2/c23-15(14-24-16-7-2-1-3-8-16)13-22-19-11-5-4-9-17(19)18-10-6-12-21-20(18)22/h1-12,15,23H,13-14H2. The molecule has 0 aliphatic heterocycles. The first kappa shape index (κ1) is 14.7. The zero-order valence-electron chi connectivity index (χ0n) is 13.2. The molecule has 2 aromatic heterocycles. The van der Waals surface area contributed by atoms with Crippen LogP contribution >= 0.6 is 0 Å². The highest BCUT2D eigenvalue weighted by atomic mass is 16.5. The Kier molecular flexibility index (Phi) is 3.89. The zero-order chi connectivity index (χ0) is 16.4. The summed E-state index contributed by atoms with van der Waals surface area (Å²) in [6.07, 6.45) is 1.16. The van der Waals surface area contributed by atoms with Gasteiger partial charge in [0.25, 0.3) is 0 Å². The fraction of sp³-hybridized carbons (Fsp3) is 0.150. The summed E-state index contributed by atoms with van der Waals surface area (Å²) in [7, 11) is 0. The van der Waals surface area contributed by atoms with Gasteiger partial charge in [0.15, 0.2) is 0 Å². The SMILES string of the molecule is OC(COc1ccccc1)Cn1c2ccccc2c2cccnc21. The Labute approximate surface area is 139 Å². The molecule has 1 N–H and O–H groups in total. The average molecular weight is 318 g/mol. The highest BCUT2D eigenvalue weighted by molar-refractivity contribution is 6.06. The fourth-order valence-corrected chi connectivity index (χ4v) is 3.03. The molecule has 4 heteroatoms. The summed E-state index contributed by atoms with van der Waals surface area (Å²) in [5.41, 5.74) is 1.96. The van der Waals surface area contributed by atoms with Crippen LogP contribution < -0.4 is 4.74 Å². The van der Waals surface area contributed by atoms with Crippen LogP contribution in [0.2, 0.25) is 0 Å². The van der Waals surface area contributed by atoms with Crippen molar-refractivity contribution in [2.24, 2.45) is 0 Å². The third kappa shape index (κ3) is 2.72. The van der Waals surface area contributed by atoms with Crippen molar-refractivity contribution in [1.82, 2.24) is 9.55 Å². The molecule has 0 radical (unpaired) electrons. The van der Waals surface area contributed by atoms with Gasteiger partial charge in [-0.15, -0.1) is 0 Å². The normalized spacial score (nSPS) is 12.5. The van der Waals surface area contributed by atoms with Gasteiger partial charge < -0.3 is 14.4 Å². The first-order valence-electron chi connectivity index (χ1n) is 8.01. The number of fused-ring (bicyclic) bond motifs is 3. The molecule has 0 aliphatic carbocycles. The summed E-state index contributed by atoms with van der Waals surface area (Å²) in [4.78, 5) is 4.50. The molecule has 4 aromatic rings. The van der Waals surface area contributed by atoms with Crippen LogP contribution in [0.3, 0.4) is 0 Å². The smallest absolute Gasteiger partial charge is 0.141 e. The maximum atomic E-state index is 10.4. The van der Waals surface area contributed by atoms with Gasteiger partial charge in [0.2, 0.25) is 0 Å². The first-order chi connectivity index (χ1) is 11.8. The van der Waals surface area contributed by atoms with E-state index in [4.69, 9.17) is 4.74 Å². The molecule has 1 unspecified atom stereocenters. The minimum Gasteiger partial charge on any atom is -0.491 e. The quantitative estimate of drug-likeness (QED) is 0.611. The number of para-hydroxylation sites is 2. The van der Waals surface area contributed by atoms with Gasteiger partial charge in [-0.2, -0.15) is 0 Å². The lowest BCUT2D eigenvalue weighted by Crippen LogP contribution is -2.23. The molecule has 120 valence electrons. The maximum Gasteiger partial charge on any atom is 0.141 e. The lowest BCUT2D eigenvalue weighted by molar-refractivity contribution is 0.0944. The molecule has 2 aromatic carbocycles. The van der Waals surface area contributed by atoms with Crippen molar-refractivity contribution in [1.29, 1.82) is 0 Å². The number of aliphatic hydroxyl groups is 1. The molecule has 0 spiro atoms. The number of aliphatic hydroxyl groups excluding tert-OH is 1. The molecule has 0 saturated carbocycles. The molecule has 0 bridgehead atoms. The molecule has 0 amide bonds. The number of ether oxygens (including phenoxy) is 1. The van der Waals surface area contributed by atoms with E-state index < -0.39 is 6.10 Å². The fourth-order valence-electron chi connectivity index (χ4n) is 3.03. The Morgan fingerprint density at radius 2 is 1.67 bits per heavy atom. The van der Waals surface area contributed by atoms with Gasteiger partial charge in [-0.1, -0.05) is 36.4 Å². The lowest BCUT2D eigenvalue weighted by Gasteiger charge is -2.14. The Balaban J connectivity index is 1.61. The first-order valence-corrected chi connectivity index (χ1v) is 8.01. The van der Waals surface area contributed by atoms with Crippen LogP contribution in [-0.4, -0.2) is 27.4 Å². The third-order valence-electron chi connectivity index (χ3n) is 4.11. The summed E-state index contributed by atoms with van der Waals surface area (Å²) in [5, 5.41) is 12.7. The topological polar surface area (TPSA) is 47.3 Å². The molecule has 0 saturated heterocycles. The Hall–Kier alpha value is -2.85. The largest absolute Gasteiger partial charge is 0.491 e. The van der Waals surface area contributed by atoms with Gasteiger partial charge in [-0.25, -0.2) is 4.98 Å². The van der Waals surface area contributed by atoms with Gasteiger partial charge in [0.05, 0.1) is 12.1 Å². The summed E-state index contributed by atoms with van der Waals surface area (Å²) < 4.78 is 7.72. The van der Waals surface area contributed by atoms with Crippen LogP contribution in [0.4, 0.5) is 0 Å². The van der Waals surface area contributed by atoms with Gasteiger partial charge >= 0.3 is 0 Å². The second-order valence-electron chi connectivity index (χ2n) is 5.78. The van der Waals surface area contributed by atoms with E-state index in [2.05, 4.69) is 27.8 Å². The molecule has 1 atom stereocenters. The highest BCUT2D eigenvalue weighted by Gasteiger charge is 2.14. The number of pyridine rings is 1. The summed E-state index contributed by atoms with van der Waals surface area (Å²) in [6.45, 7) is 0.679. The third-order valence-corrected chi connectivity index (χ3v) is 4.11. The number of hydrogen-bond donors (Lipinski definition) is 1. The van der Waals surface area contributed by atoms with E-state index in [0.29, 0.717) is 6.54 Å². The zero-order valence-corrected chi connectivity index (χ0v) is 13.2. The van der Waals surface area contributed by atoms with Crippen molar-refractivity contribution < 1.29 is 9.84 Å². The minimum atomic E-state index is -0.619. The minimum absolute atomic E-state index is 0.241. The molecular formula is C20H18N2O2. The van der Waals surface area contributed by atoms with E-state index in [0.717, 1.165) is 27.7 Å². The van der Waals surface area contributed by atoms with E-state index in [1.54, 1.807) is 6.20 Å². The van der Waals surface area contributed by atoms with E-state index in [1.165, 1.54) is 0 Å². The predicted octanol–water partition coefficient (Wildman–Crippen LogP) is 3.63.